The third kappa shape index (κ3) is 4.12. The highest BCUT2D eigenvalue weighted by Gasteiger charge is 2.46. The van der Waals surface area contributed by atoms with E-state index < -0.39 is 8.32 Å². The van der Waals surface area contributed by atoms with Gasteiger partial charge in [-0.3, -0.25) is 0 Å². The summed E-state index contributed by atoms with van der Waals surface area (Å²) >= 11 is 0. The summed E-state index contributed by atoms with van der Waals surface area (Å²) < 4.78 is 25.0. The van der Waals surface area contributed by atoms with Crippen LogP contribution in [0.3, 0.4) is 0 Å². The number of ether oxygens (including phenoxy) is 3. The lowest BCUT2D eigenvalue weighted by molar-refractivity contribution is -0.295. The van der Waals surface area contributed by atoms with E-state index in [0.717, 1.165) is 12.0 Å². The Hall–Kier alpha value is -0.983. The second kappa shape index (κ2) is 7.56. The molecular weight excluding hydrogens is 344 g/mol. The van der Waals surface area contributed by atoms with E-state index in [1.807, 2.05) is 36.4 Å². The smallest absolute Gasteiger partial charge is 0.192 e. The van der Waals surface area contributed by atoms with Gasteiger partial charge in [0, 0.05) is 12.0 Å². The zero-order valence-electron chi connectivity index (χ0n) is 16.6. The zero-order chi connectivity index (χ0) is 18.9. The van der Waals surface area contributed by atoms with Gasteiger partial charge in [0.2, 0.25) is 0 Å². The van der Waals surface area contributed by atoms with Crippen molar-refractivity contribution in [1.29, 1.82) is 0 Å². The number of hydrogen-bond donors (Lipinski definition) is 0. The Kier molecular flexibility index (Phi) is 5.75. The van der Waals surface area contributed by atoms with E-state index in [4.69, 9.17) is 18.6 Å². The highest BCUT2D eigenvalue weighted by Crippen LogP contribution is 2.41. The summed E-state index contributed by atoms with van der Waals surface area (Å²) in [6.45, 7) is 15.8. The minimum atomic E-state index is -1.90. The van der Waals surface area contributed by atoms with Crippen molar-refractivity contribution >= 4 is 8.32 Å². The fraction of sp³-hybridized carbons (Fsp3) is 0.619. The normalized spacial score (nSPS) is 32.7. The molecule has 3 rings (SSSR count). The van der Waals surface area contributed by atoms with Gasteiger partial charge in [0.1, 0.15) is 12.2 Å². The van der Waals surface area contributed by atoms with Crippen molar-refractivity contribution < 1.29 is 18.6 Å². The van der Waals surface area contributed by atoms with Gasteiger partial charge in [0.05, 0.1) is 18.8 Å². The van der Waals surface area contributed by atoms with Crippen LogP contribution in [0, 0.1) is 0 Å². The van der Waals surface area contributed by atoms with E-state index in [-0.39, 0.29) is 35.7 Å². The van der Waals surface area contributed by atoms with E-state index in [0.29, 0.717) is 6.61 Å². The average molecular weight is 377 g/mol. The van der Waals surface area contributed by atoms with Crippen LogP contribution in [0.1, 0.15) is 39.0 Å². The minimum Gasteiger partial charge on any atom is -0.411 e. The Morgan fingerprint density at radius 3 is 2.42 bits per heavy atom. The number of fused-ring (bicyclic) bond motifs is 1. The fourth-order valence-corrected chi connectivity index (χ4v) is 4.57. The molecule has 0 amide bonds. The van der Waals surface area contributed by atoms with Crippen LogP contribution in [0.25, 0.3) is 0 Å². The van der Waals surface area contributed by atoms with Crippen molar-refractivity contribution in [2.24, 2.45) is 0 Å². The molecule has 2 heterocycles. The van der Waals surface area contributed by atoms with Gasteiger partial charge in [-0.05, 0) is 18.1 Å². The van der Waals surface area contributed by atoms with Gasteiger partial charge in [0.15, 0.2) is 14.6 Å². The molecule has 0 bridgehead atoms. The van der Waals surface area contributed by atoms with Crippen LogP contribution in [-0.4, -0.2) is 39.3 Å². The first kappa shape index (κ1) is 19.8. The fourth-order valence-electron chi connectivity index (χ4n) is 3.22. The van der Waals surface area contributed by atoms with E-state index in [2.05, 4.69) is 40.4 Å². The largest absolute Gasteiger partial charge is 0.411 e. The third-order valence-corrected chi connectivity index (χ3v) is 10.3. The third-order valence-electron chi connectivity index (χ3n) is 5.84. The second-order valence-corrected chi connectivity index (χ2v) is 13.5. The van der Waals surface area contributed by atoms with Crippen LogP contribution < -0.4 is 0 Å². The summed E-state index contributed by atoms with van der Waals surface area (Å²) in [5.41, 5.74) is 1.04. The Morgan fingerprint density at radius 1 is 1.12 bits per heavy atom. The van der Waals surface area contributed by atoms with E-state index in [1.165, 1.54) is 0 Å². The van der Waals surface area contributed by atoms with Crippen molar-refractivity contribution in [3.05, 3.63) is 48.6 Å². The molecule has 0 N–H and O–H groups in total. The van der Waals surface area contributed by atoms with Gasteiger partial charge in [-0.1, -0.05) is 57.2 Å². The van der Waals surface area contributed by atoms with Crippen molar-refractivity contribution in [3.8, 4) is 0 Å². The molecule has 0 radical (unpaired) electrons. The molecule has 0 spiro atoms. The van der Waals surface area contributed by atoms with Crippen LogP contribution in [0.4, 0.5) is 0 Å². The van der Waals surface area contributed by atoms with Gasteiger partial charge >= 0.3 is 0 Å². The molecule has 26 heavy (non-hydrogen) atoms. The van der Waals surface area contributed by atoms with Crippen molar-refractivity contribution in [1.82, 2.24) is 0 Å². The molecule has 5 heteroatoms. The molecule has 144 valence electrons. The lowest BCUT2D eigenvalue weighted by atomic mass is 9.97. The molecule has 5 atom stereocenters. The number of rotatable bonds is 4. The summed E-state index contributed by atoms with van der Waals surface area (Å²) in [5, 5.41) is 0.151. The summed E-state index contributed by atoms with van der Waals surface area (Å²) in [5.74, 6) is 0. The Balaban J connectivity index is 1.72. The van der Waals surface area contributed by atoms with Gasteiger partial charge in [-0.25, -0.2) is 0 Å². The topological polar surface area (TPSA) is 36.9 Å². The first-order valence-corrected chi connectivity index (χ1v) is 12.4. The lowest BCUT2D eigenvalue weighted by Gasteiger charge is -2.48. The SMILES string of the molecule is C=C[C@@H]1O[C@@H]2CO[C@@H](c3ccccc3)O[C@H]2C[C@H]1O[Si](C)(C)C(C)(C)C. The lowest BCUT2D eigenvalue weighted by Crippen LogP contribution is -2.56. The quantitative estimate of drug-likeness (QED) is 0.557. The van der Waals surface area contributed by atoms with Crippen LogP contribution in [0.15, 0.2) is 43.0 Å². The molecule has 1 aromatic carbocycles. The molecule has 4 nitrogen and oxygen atoms in total. The maximum atomic E-state index is 6.66. The number of hydrogen-bond acceptors (Lipinski definition) is 4. The monoisotopic (exact) mass is 376 g/mol. The highest BCUT2D eigenvalue weighted by atomic mass is 28.4. The zero-order valence-corrected chi connectivity index (χ0v) is 17.6. The van der Waals surface area contributed by atoms with Crippen LogP contribution in [-0.2, 0) is 18.6 Å². The first-order chi connectivity index (χ1) is 12.2. The molecule has 0 unspecified atom stereocenters. The molecule has 1 aromatic rings. The second-order valence-electron chi connectivity index (χ2n) is 8.78. The molecule has 2 saturated heterocycles. The van der Waals surface area contributed by atoms with Crippen LogP contribution in [0.2, 0.25) is 18.1 Å². The molecule has 0 saturated carbocycles. The van der Waals surface area contributed by atoms with Gasteiger partial charge < -0.3 is 18.6 Å². The van der Waals surface area contributed by atoms with Crippen LogP contribution in [0.5, 0.6) is 0 Å². The maximum absolute atomic E-state index is 6.66. The molecule has 2 fully saturated rings. The molecule has 2 aliphatic heterocycles. The summed E-state index contributed by atoms with van der Waals surface area (Å²) in [6.07, 6.45) is 2.08. The molecular formula is C21H32O4Si. The molecule has 2 aliphatic rings. The van der Waals surface area contributed by atoms with Crippen molar-refractivity contribution in [3.63, 3.8) is 0 Å². The molecule has 0 aromatic heterocycles. The van der Waals surface area contributed by atoms with Gasteiger partial charge in [-0.2, -0.15) is 0 Å². The van der Waals surface area contributed by atoms with Crippen molar-refractivity contribution in [2.45, 2.75) is 76.0 Å². The average Bonchev–Trinajstić information content (AvgIpc) is 2.60. The van der Waals surface area contributed by atoms with Crippen molar-refractivity contribution in [2.75, 3.05) is 6.61 Å². The Morgan fingerprint density at radius 2 is 1.81 bits per heavy atom. The standard InChI is InChI=1S/C21H32O4Si/c1-7-16-18(25-26(5,6)21(2,3)4)13-17-19(23-16)14-22-20(24-17)15-11-9-8-10-12-15/h7-12,16-20H,1,13-14H2,2-6H3/t16-,17-,18+,19+,20+/m0/s1. The van der Waals surface area contributed by atoms with Crippen LogP contribution >= 0.6 is 0 Å². The van der Waals surface area contributed by atoms with E-state index in [1.54, 1.807) is 0 Å². The predicted molar refractivity (Wildman–Crippen MR) is 106 cm³/mol. The van der Waals surface area contributed by atoms with Gasteiger partial charge in [0.25, 0.3) is 0 Å². The first-order valence-electron chi connectivity index (χ1n) is 9.49. The van der Waals surface area contributed by atoms with Gasteiger partial charge in [-0.15, -0.1) is 6.58 Å². The summed E-state index contributed by atoms with van der Waals surface area (Å²) in [4.78, 5) is 0. The summed E-state index contributed by atoms with van der Waals surface area (Å²) in [6, 6.07) is 10.1. The minimum absolute atomic E-state index is 0.0239. The number of benzene rings is 1. The van der Waals surface area contributed by atoms with E-state index in [9.17, 15) is 0 Å². The molecule has 0 aliphatic carbocycles. The Bertz CT molecular complexity index is 610. The Labute approximate surface area is 158 Å². The van der Waals surface area contributed by atoms with E-state index >= 15 is 0 Å². The maximum Gasteiger partial charge on any atom is 0.192 e. The predicted octanol–water partition coefficient (Wildman–Crippen LogP) is 4.83. The summed E-state index contributed by atoms with van der Waals surface area (Å²) in [7, 11) is -1.90. The highest BCUT2D eigenvalue weighted by molar-refractivity contribution is 6.74.